The van der Waals surface area contributed by atoms with E-state index in [0.717, 1.165) is 6.42 Å². The number of methoxy groups -OCH3 is 1. The van der Waals surface area contributed by atoms with Crippen molar-refractivity contribution in [3.8, 4) is 5.75 Å². The molecule has 4 heteroatoms. The van der Waals surface area contributed by atoms with Crippen LogP contribution in [0, 0.1) is 0 Å². The molecule has 0 saturated heterocycles. The summed E-state index contributed by atoms with van der Waals surface area (Å²) < 4.78 is 11.6. The zero-order valence-corrected chi connectivity index (χ0v) is 8.53. The first-order valence-electron chi connectivity index (χ1n) is 4.60. The molecule has 0 spiro atoms. The van der Waals surface area contributed by atoms with E-state index in [9.17, 15) is 4.79 Å². The summed E-state index contributed by atoms with van der Waals surface area (Å²) >= 11 is 0. The van der Waals surface area contributed by atoms with E-state index in [0.29, 0.717) is 12.4 Å². The molecule has 4 nitrogen and oxygen atoms in total. The summed E-state index contributed by atoms with van der Waals surface area (Å²) in [6, 6.07) is 3.44. The number of hydrogen-bond acceptors (Lipinski definition) is 3. The van der Waals surface area contributed by atoms with Crippen molar-refractivity contribution in [2.75, 3.05) is 13.7 Å². The predicted molar refractivity (Wildman–Crippen MR) is 53.5 cm³/mol. The molecule has 0 N–H and O–H groups in total. The van der Waals surface area contributed by atoms with Crippen molar-refractivity contribution in [2.45, 2.75) is 20.1 Å². The molecule has 0 radical (unpaired) electrons. The van der Waals surface area contributed by atoms with Crippen LogP contribution in [0.15, 0.2) is 23.1 Å². The lowest BCUT2D eigenvalue weighted by molar-refractivity contribution is 0.127. The van der Waals surface area contributed by atoms with Crippen LogP contribution in [0.5, 0.6) is 5.75 Å². The molecule has 1 aromatic rings. The second kappa shape index (κ2) is 5.44. The van der Waals surface area contributed by atoms with E-state index in [2.05, 4.69) is 0 Å². The van der Waals surface area contributed by atoms with E-state index in [1.165, 1.54) is 4.57 Å². The first-order valence-corrected chi connectivity index (χ1v) is 4.60. The van der Waals surface area contributed by atoms with E-state index in [-0.39, 0.29) is 12.3 Å². The maximum atomic E-state index is 11.6. The van der Waals surface area contributed by atoms with Crippen molar-refractivity contribution in [3.05, 3.63) is 28.7 Å². The van der Waals surface area contributed by atoms with Gasteiger partial charge < -0.3 is 9.47 Å². The molecule has 0 aliphatic rings. The lowest BCUT2D eigenvalue weighted by Crippen LogP contribution is -2.22. The molecule has 78 valence electrons. The zero-order valence-electron chi connectivity index (χ0n) is 8.53. The van der Waals surface area contributed by atoms with Crippen molar-refractivity contribution >= 4 is 0 Å². The van der Waals surface area contributed by atoms with Crippen molar-refractivity contribution in [1.82, 2.24) is 4.57 Å². The Morgan fingerprint density at radius 3 is 2.93 bits per heavy atom. The molecule has 0 aliphatic heterocycles. The molecule has 0 aromatic carbocycles. The van der Waals surface area contributed by atoms with E-state index in [4.69, 9.17) is 9.47 Å². The van der Waals surface area contributed by atoms with Gasteiger partial charge in [0.15, 0.2) is 5.75 Å². The topological polar surface area (TPSA) is 40.5 Å². The average Bonchev–Trinajstić information content (AvgIpc) is 2.20. The van der Waals surface area contributed by atoms with Crippen LogP contribution in [0.2, 0.25) is 0 Å². The van der Waals surface area contributed by atoms with Crippen LogP contribution in [-0.4, -0.2) is 18.3 Å². The molecule has 0 atom stereocenters. The number of nitrogens with zero attached hydrogens (tertiary/aromatic N) is 1. The summed E-state index contributed by atoms with van der Waals surface area (Å²) in [5, 5.41) is 0. The van der Waals surface area contributed by atoms with Gasteiger partial charge in [-0.2, -0.15) is 0 Å². The Bertz CT molecular complexity index is 332. The quantitative estimate of drug-likeness (QED) is 0.713. The lowest BCUT2D eigenvalue weighted by Gasteiger charge is -2.07. The molecule has 1 rings (SSSR count). The summed E-state index contributed by atoms with van der Waals surface area (Å²) in [7, 11) is 1.55. The van der Waals surface area contributed by atoms with Crippen LogP contribution >= 0.6 is 0 Å². The summed E-state index contributed by atoms with van der Waals surface area (Å²) in [6.07, 6.45) is 2.56. The highest BCUT2D eigenvalue weighted by molar-refractivity contribution is 5.17. The minimum atomic E-state index is -0.150. The van der Waals surface area contributed by atoms with E-state index in [1.54, 1.807) is 25.4 Å². The Hall–Kier alpha value is -1.29. The van der Waals surface area contributed by atoms with Crippen LogP contribution in [0.3, 0.4) is 0 Å². The first-order chi connectivity index (χ1) is 6.79. The normalized spacial score (nSPS) is 10.1. The fraction of sp³-hybridized carbons (Fsp3) is 0.500. The highest BCUT2D eigenvalue weighted by Crippen LogP contribution is 2.02. The second-order valence-corrected chi connectivity index (χ2v) is 2.91. The van der Waals surface area contributed by atoms with E-state index in [1.807, 2.05) is 6.92 Å². The highest BCUT2D eigenvalue weighted by Gasteiger charge is 2.02. The average molecular weight is 197 g/mol. The fourth-order valence-electron chi connectivity index (χ4n) is 1.08. The van der Waals surface area contributed by atoms with Crippen LogP contribution in [0.25, 0.3) is 0 Å². The monoisotopic (exact) mass is 197 g/mol. The number of pyridine rings is 1. The Balaban J connectivity index is 2.84. The van der Waals surface area contributed by atoms with Crippen molar-refractivity contribution in [2.24, 2.45) is 0 Å². The molecular formula is C10H15NO3. The van der Waals surface area contributed by atoms with Gasteiger partial charge >= 0.3 is 0 Å². The number of ether oxygens (including phenoxy) is 2. The molecule has 14 heavy (non-hydrogen) atoms. The second-order valence-electron chi connectivity index (χ2n) is 2.91. The third-order valence-electron chi connectivity index (χ3n) is 1.72. The van der Waals surface area contributed by atoms with Crippen LogP contribution in [-0.2, 0) is 11.5 Å². The van der Waals surface area contributed by atoms with Crippen LogP contribution < -0.4 is 10.3 Å². The third kappa shape index (κ3) is 2.60. The van der Waals surface area contributed by atoms with Crippen molar-refractivity contribution in [1.29, 1.82) is 0 Å². The summed E-state index contributed by atoms with van der Waals surface area (Å²) in [6.45, 7) is 2.81. The van der Waals surface area contributed by atoms with E-state index < -0.39 is 0 Å². The molecule has 0 aliphatic carbocycles. The minimum absolute atomic E-state index is 0.150. The summed E-state index contributed by atoms with van der Waals surface area (Å²) in [4.78, 5) is 11.6. The largest absolute Gasteiger partial charge is 0.488 e. The number of rotatable bonds is 5. The highest BCUT2D eigenvalue weighted by atomic mass is 16.5. The molecule has 0 amide bonds. The van der Waals surface area contributed by atoms with Crippen LogP contribution in [0.4, 0.5) is 0 Å². The lowest BCUT2D eigenvalue weighted by atomic mass is 10.4. The van der Waals surface area contributed by atoms with Crippen LogP contribution in [0.1, 0.15) is 13.3 Å². The molecule has 0 saturated carbocycles. The maximum absolute atomic E-state index is 11.6. The Morgan fingerprint density at radius 2 is 2.29 bits per heavy atom. The molecule has 1 heterocycles. The summed E-state index contributed by atoms with van der Waals surface area (Å²) in [5.74, 6) is 0.381. The zero-order chi connectivity index (χ0) is 10.4. The first kappa shape index (κ1) is 10.8. The predicted octanol–water partition coefficient (Wildman–Crippen LogP) is 1.24. The smallest absolute Gasteiger partial charge is 0.294 e. The standard InChI is InChI=1S/C10H15NO3/c1-3-7-14-9-5-4-6-11(8-13-2)10(9)12/h4-6H,3,7-8H2,1-2H3. The third-order valence-corrected chi connectivity index (χ3v) is 1.72. The molecule has 0 fully saturated rings. The van der Waals surface area contributed by atoms with Gasteiger partial charge in [-0.05, 0) is 18.6 Å². The van der Waals surface area contributed by atoms with Gasteiger partial charge in [0.1, 0.15) is 6.73 Å². The van der Waals surface area contributed by atoms with Crippen molar-refractivity contribution in [3.63, 3.8) is 0 Å². The van der Waals surface area contributed by atoms with Crippen molar-refractivity contribution < 1.29 is 9.47 Å². The van der Waals surface area contributed by atoms with Gasteiger partial charge in [-0.1, -0.05) is 6.92 Å². The van der Waals surface area contributed by atoms with Gasteiger partial charge in [0.25, 0.3) is 5.56 Å². The molecule has 1 aromatic heterocycles. The number of aromatic nitrogens is 1. The van der Waals surface area contributed by atoms with Gasteiger partial charge in [0, 0.05) is 13.3 Å². The Kier molecular flexibility index (Phi) is 4.19. The summed E-state index contributed by atoms with van der Waals surface area (Å²) in [5.41, 5.74) is -0.150. The van der Waals surface area contributed by atoms with Gasteiger partial charge in [-0.3, -0.25) is 9.36 Å². The molecule has 0 unspecified atom stereocenters. The Morgan fingerprint density at radius 1 is 1.50 bits per heavy atom. The van der Waals surface area contributed by atoms with Gasteiger partial charge in [0.05, 0.1) is 6.61 Å². The fourth-order valence-corrected chi connectivity index (χ4v) is 1.08. The van der Waals surface area contributed by atoms with Gasteiger partial charge in [-0.15, -0.1) is 0 Å². The number of hydrogen-bond donors (Lipinski definition) is 0. The Labute approximate surface area is 83.1 Å². The van der Waals surface area contributed by atoms with E-state index >= 15 is 0 Å². The molecule has 0 bridgehead atoms. The SMILES string of the molecule is CCCOc1cccn(COC)c1=O. The van der Waals surface area contributed by atoms with Gasteiger partial charge in [-0.25, -0.2) is 0 Å². The molecular weight excluding hydrogens is 182 g/mol. The van der Waals surface area contributed by atoms with Gasteiger partial charge in [0.2, 0.25) is 0 Å². The minimum Gasteiger partial charge on any atom is -0.488 e. The maximum Gasteiger partial charge on any atom is 0.294 e.